The van der Waals surface area contributed by atoms with Crippen LogP contribution in [0.2, 0.25) is 0 Å². The Labute approximate surface area is 316 Å². The molecule has 0 unspecified atom stereocenters. The highest BCUT2D eigenvalue weighted by Crippen LogP contribution is 2.47. The molecule has 0 amide bonds. The van der Waals surface area contributed by atoms with Crippen molar-refractivity contribution < 1.29 is 37.3 Å². The summed E-state index contributed by atoms with van der Waals surface area (Å²) in [5.74, 6) is -2.27. The third kappa shape index (κ3) is 7.15. The summed E-state index contributed by atoms with van der Waals surface area (Å²) in [4.78, 5) is -1.14. The van der Waals surface area contributed by atoms with Crippen LogP contribution in [0.15, 0.2) is 87.7 Å². The van der Waals surface area contributed by atoms with Crippen molar-refractivity contribution in [1.29, 1.82) is 0 Å². The van der Waals surface area contributed by atoms with Crippen LogP contribution < -0.4 is 0 Å². The molecular weight excluding hydrogens is 737 g/mol. The standard InChI is InChI=1S/C40H48O8S4/c1-37(2,3)21-13-25-33(41)26(14-21)50(46)28-16-23(39(7,8)9)18-30(35(28)43)52(48)32-20-24(40(10,11)12)19-31(36(32)44)51(47)29-17-22(38(4,5)6)15-27(34(29)42)49(25)45/h13-20,41-44H,1-12H3. The Morgan fingerprint density at radius 3 is 0.519 bits per heavy atom. The summed E-state index contributed by atoms with van der Waals surface area (Å²) in [5, 5.41) is 47.4. The highest BCUT2D eigenvalue weighted by Gasteiger charge is 2.34. The lowest BCUT2D eigenvalue weighted by Crippen LogP contribution is -2.16. The van der Waals surface area contributed by atoms with Gasteiger partial charge in [0, 0.05) is 0 Å². The molecule has 0 spiro atoms. The molecule has 0 saturated carbocycles. The van der Waals surface area contributed by atoms with E-state index in [9.17, 15) is 37.3 Å². The number of phenolic OH excluding ortho intramolecular Hbond substituents is 4. The van der Waals surface area contributed by atoms with Crippen LogP contribution in [0.4, 0.5) is 0 Å². The SMILES string of the molecule is CC(C)(C)c1cc2c(O)c(c1)S(=O)c1cc(C(C)(C)C)cc(c1O)S(=O)c1cc(C(C)(C)C)cc(c1O)S(=O)c1cc(C(C)(C)C)cc(c1O)S2=O. The molecule has 0 radical (unpaired) electrons. The topological polar surface area (TPSA) is 149 Å². The Bertz CT molecular complexity index is 1820. The van der Waals surface area contributed by atoms with Crippen molar-refractivity contribution >= 4 is 43.2 Å². The van der Waals surface area contributed by atoms with Crippen molar-refractivity contribution in [2.75, 3.05) is 0 Å². The van der Waals surface area contributed by atoms with Crippen LogP contribution in [0.3, 0.4) is 0 Å². The Balaban J connectivity index is 2.05. The summed E-state index contributed by atoms with van der Waals surface area (Å²) >= 11 is 0. The van der Waals surface area contributed by atoms with Gasteiger partial charge in [-0.3, -0.25) is 0 Å². The number of aromatic hydroxyl groups is 4. The third-order valence-electron chi connectivity index (χ3n) is 9.22. The molecule has 5 rings (SSSR count). The first-order valence-corrected chi connectivity index (χ1v) is 21.4. The van der Waals surface area contributed by atoms with Crippen molar-refractivity contribution in [2.45, 2.75) is 144 Å². The Morgan fingerprint density at radius 1 is 0.308 bits per heavy atom. The fraction of sp³-hybridized carbons (Fsp3) is 0.400. The van der Waals surface area contributed by atoms with Gasteiger partial charge in [-0.05, 0) is 92.4 Å². The van der Waals surface area contributed by atoms with Gasteiger partial charge in [0.15, 0.2) is 0 Å². The first kappa shape index (κ1) is 39.9. The lowest BCUT2D eigenvalue weighted by Gasteiger charge is -2.26. The van der Waals surface area contributed by atoms with Gasteiger partial charge >= 0.3 is 0 Å². The lowest BCUT2D eigenvalue weighted by atomic mass is 9.87. The van der Waals surface area contributed by atoms with Gasteiger partial charge in [-0.25, -0.2) is 16.8 Å². The second-order valence-corrected chi connectivity index (χ2v) is 23.0. The van der Waals surface area contributed by atoms with Gasteiger partial charge in [0.05, 0.1) is 82.4 Å². The maximum Gasteiger partial charge on any atom is 0.148 e. The predicted octanol–water partition coefficient (Wildman–Crippen LogP) is 8.68. The first-order valence-electron chi connectivity index (χ1n) is 16.8. The summed E-state index contributed by atoms with van der Waals surface area (Å²) < 4.78 is 58.9. The van der Waals surface area contributed by atoms with Crippen molar-refractivity contribution in [3.63, 3.8) is 0 Å². The number of hydrogen-bond acceptors (Lipinski definition) is 8. The molecule has 12 heteroatoms. The molecule has 0 atom stereocenters. The van der Waals surface area contributed by atoms with Crippen LogP contribution in [0.1, 0.15) is 105 Å². The Hall–Kier alpha value is -3.32. The molecule has 4 N–H and O–H groups in total. The average Bonchev–Trinajstić information content (AvgIpc) is 3.01. The highest BCUT2D eigenvalue weighted by atomic mass is 32.2. The molecule has 4 aromatic carbocycles. The van der Waals surface area contributed by atoms with Crippen molar-refractivity contribution in [1.82, 2.24) is 0 Å². The predicted molar refractivity (Wildman–Crippen MR) is 206 cm³/mol. The minimum absolute atomic E-state index is 0.143. The zero-order chi connectivity index (χ0) is 39.2. The van der Waals surface area contributed by atoms with E-state index in [1.54, 1.807) is 0 Å². The van der Waals surface area contributed by atoms with Crippen LogP contribution in [0, 0.1) is 0 Å². The molecule has 280 valence electrons. The van der Waals surface area contributed by atoms with E-state index in [1.807, 2.05) is 83.1 Å². The van der Waals surface area contributed by atoms with Gasteiger partial charge in [-0.1, -0.05) is 83.1 Å². The minimum Gasteiger partial charge on any atom is -0.505 e. The van der Waals surface area contributed by atoms with E-state index >= 15 is 0 Å². The lowest BCUT2D eigenvalue weighted by molar-refractivity contribution is 0.437. The minimum atomic E-state index is -2.32. The quantitative estimate of drug-likeness (QED) is 0.122. The van der Waals surface area contributed by atoms with E-state index in [0.717, 1.165) is 0 Å². The van der Waals surface area contributed by atoms with Crippen LogP contribution in [-0.2, 0) is 64.9 Å². The number of rotatable bonds is 0. The van der Waals surface area contributed by atoms with Crippen LogP contribution >= 0.6 is 0 Å². The fourth-order valence-electron chi connectivity index (χ4n) is 5.67. The van der Waals surface area contributed by atoms with Gasteiger partial charge in [-0.2, -0.15) is 0 Å². The summed E-state index contributed by atoms with van der Waals surface area (Å²) in [6.07, 6.45) is 0. The summed E-state index contributed by atoms with van der Waals surface area (Å²) in [6, 6.07) is 12.3. The molecule has 8 bridgehead atoms. The normalized spacial score (nSPS) is 19.8. The molecule has 52 heavy (non-hydrogen) atoms. The zero-order valence-electron chi connectivity index (χ0n) is 31.7. The highest BCUT2D eigenvalue weighted by molar-refractivity contribution is 7.87. The third-order valence-corrected chi connectivity index (χ3v) is 14.9. The van der Waals surface area contributed by atoms with Gasteiger partial charge < -0.3 is 20.4 Å². The van der Waals surface area contributed by atoms with Gasteiger partial charge in [0.25, 0.3) is 0 Å². The Morgan fingerprint density at radius 2 is 0.423 bits per heavy atom. The molecule has 1 aliphatic heterocycles. The number of fused-ring (bicyclic) bond motifs is 8. The van der Waals surface area contributed by atoms with Gasteiger partial charge in [-0.15, -0.1) is 0 Å². The summed E-state index contributed by atoms with van der Waals surface area (Å²) in [7, 11) is -9.26. The molecule has 0 aromatic heterocycles. The largest absolute Gasteiger partial charge is 0.505 e. The van der Waals surface area contributed by atoms with E-state index in [1.165, 1.54) is 48.5 Å². The average molecular weight is 785 g/mol. The number of hydrogen-bond donors (Lipinski definition) is 4. The van der Waals surface area contributed by atoms with Gasteiger partial charge in [0.2, 0.25) is 0 Å². The van der Waals surface area contributed by atoms with E-state index < -0.39 is 87.9 Å². The molecule has 8 nitrogen and oxygen atoms in total. The van der Waals surface area contributed by atoms with Crippen LogP contribution in [0.5, 0.6) is 23.0 Å². The van der Waals surface area contributed by atoms with Crippen molar-refractivity contribution in [3.05, 3.63) is 70.8 Å². The zero-order valence-corrected chi connectivity index (χ0v) is 34.9. The molecule has 1 aliphatic rings. The number of phenols is 4. The Kier molecular flexibility index (Phi) is 10.1. The van der Waals surface area contributed by atoms with Crippen molar-refractivity contribution in [3.8, 4) is 23.0 Å². The summed E-state index contributed by atoms with van der Waals surface area (Å²) in [5.41, 5.74) is -0.112. The molecule has 0 fully saturated rings. The molecule has 4 aromatic rings. The smallest absolute Gasteiger partial charge is 0.148 e. The second-order valence-electron chi connectivity index (χ2n) is 17.4. The monoisotopic (exact) mass is 784 g/mol. The van der Waals surface area contributed by atoms with Crippen molar-refractivity contribution in [2.24, 2.45) is 0 Å². The maximum absolute atomic E-state index is 14.7. The van der Waals surface area contributed by atoms with E-state index in [2.05, 4.69) is 0 Å². The number of benzene rings is 4. The second kappa shape index (κ2) is 13.2. The van der Waals surface area contributed by atoms with Crippen LogP contribution in [-0.4, -0.2) is 37.3 Å². The van der Waals surface area contributed by atoms with Crippen LogP contribution in [0.25, 0.3) is 0 Å². The van der Waals surface area contributed by atoms with E-state index in [0.29, 0.717) is 22.3 Å². The van der Waals surface area contributed by atoms with E-state index in [4.69, 9.17) is 0 Å². The van der Waals surface area contributed by atoms with Gasteiger partial charge in [0.1, 0.15) is 23.0 Å². The summed E-state index contributed by atoms with van der Waals surface area (Å²) in [6.45, 7) is 22.8. The molecular formula is C40H48O8S4. The molecule has 1 heterocycles. The molecule has 0 aliphatic carbocycles. The maximum atomic E-state index is 14.7. The molecule has 0 saturated heterocycles. The fourth-order valence-corrected chi connectivity index (χ4v) is 11.0. The first-order chi connectivity index (χ1) is 23.6. The van der Waals surface area contributed by atoms with E-state index in [-0.39, 0.29) is 39.2 Å².